The molecule has 0 fully saturated rings. The smallest absolute Gasteiger partial charge is 0.225 e. The van der Waals surface area contributed by atoms with Gasteiger partial charge in [-0.1, -0.05) is 42.5 Å². The van der Waals surface area contributed by atoms with Gasteiger partial charge < -0.3 is 10.6 Å². The number of fused-ring (bicyclic) bond motifs is 1. The fourth-order valence-corrected chi connectivity index (χ4v) is 2.76. The van der Waals surface area contributed by atoms with Crippen molar-refractivity contribution in [1.29, 1.82) is 0 Å². The van der Waals surface area contributed by atoms with Gasteiger partial charge in [-0.2, -0.15) is 0 Å². The molecule has 108 valence electrons. The van der Waals surface area contributed by atoms with E-state index in [1.807, 2.05) is 24.3 Å². The van der Waals surface area contributed by atoms with Gasteiger partial charge >= 0.3 is 0 Å². The molecule has 3 rings (SSSR count). The third-order valence-electron chi connectivity index (χ3n) is 4.11. The minimum atomic E-state index is 0.00363. The van der Waals surface area contributed by atoms with Gasteiger partial charge in [0, 0.05) is 18.8 Å². The zero-order chi connectivity index (χ0) is 14.7. The predicted molar refractivity (Wildman–Crippen MR) is 85.2 cm³/mol. The molecule has 0 saturated carbocycles. The number of amides is 1. The maximum atomic E-state index is 12.3. The Kier molecular flexibility index (Phi) is 3.91. The predicted octanol–water partition coefficient (Wildman–Crippen LogP) is 2.90. The van der Waals surface area contributed by atoms with Crippen molar-refractivity contribution in [1.82, 2.24) is 5.32 Å². The molecule has 1 atom stereocenters. The van der Waals surface area contributed by atoms with E-state index in [0.29, 0.717) is 13.1 Å². The number of nitrogens with one attached hydrogen (secondary N) is 2. The normalized spacial score (nSPS) is 16.7. The Morgan fingerprint density at radius 2 is 1.95 bits per heavy atom. The first-order valence-electron chi connectivity index (χ1n) is 7.38. The monoisotopic (exact) mass is 280 g/mol. The fraction of sp³-hybridized carbons (Fsp3) is 0.278. The van der Waals surface area contributed by atoms with E-state index in [1.165, 1.54) is 16.7 Å². The lowest BCUT2D eigenvalue weighted by Gasteiger charge is -2.25. The highest BCUT2D eigenvalue weighted by molar-refractivity contribution is 5.80. The Balaban J connectivity index is 1.61. The molecular weight excluding hydrogens is 260 g/mol. The molecule has 3 heteroatoms. The van der Waals surface area contributed by atoms with Gasteiger partial charge in [0.05, 0.1) is 5.92 Å². The molecule has 2 aromatic rings. The summed E-state index contributed by atoms with van der Waals surface area (Å²) in [7, 11) is 0. The summed E-state index contributed by atoms with van der Waals surface area (Å²) in [4.78, 5) is 12.3. The van der Waals surface area contributed by atoms with E-state index < -0.39 is 0 Å². The Morgan fingerprint density at radius 1 is 1.19 bits per heavy atom. The molecular formula is C18H20N2O. The number of anilines is 1. The van der Waals surface area contributed by atoms with E-state index in [1.54, 1.807) is 0 Å². The third kappa shape index (κ3) is 3.07. The lowest BCUT2D eigenvalue weighted by atomic mass is 9.93. The van der Waals surface area contributed by atoms with Crippen LogP contribution < -0.4 is 10.6 Å². The Bertz CT molecular complexity index is 651. The molecule has 21 heavy (non-hydrogen) atoms. The van der Waals surface area contributed by atoms with E-state index in [4.69, 9.17) is 0 Å². The van der Waals surface area contributed by atoms with Crippen LogP contribution in [0.1, 0.15) is 16.7 Å². The second-order valence-corrected chi connectivity index (χ2v) is 5.58. The lowest BCUT2D eigenvalue weighted by molar-refractivity contribution is -0.124. The van der Waals surface area contributed by atoms with Crippen molar-refractivity contribution in [2.45, 2.75) is 19.9 Å². The molecule has 0 saturated heterocycles. The summed E-state index contributed by atoms with van der Waals surface area (Å²) in [6, 6.07) is 16.3. The summed E-state index contributed by atoms with van der Waals surface area (Å²) in [6.07, 6.45) is 0.808. The molecule has 0 spiro atoms. The van der Waals surface area contributed by atoms with Crippen LogP contribution in [0.5, 0.6) is 0 Å². The summed E-state index contributed by atoms with van der Waals surface area (Å²) < 4.78 is 0. The van der Waals surface area contributed by atoms with Gasteiger partial charge in [-0.05, 0) is 36.1 Å². The molecule has 0 bridgehead atoms. The number of rotatable bonds is 3. The molecule has 1 aliphatic heterocycles. The van der Waals surface area contributed by atoms with Crippen molar-refractivity contribution in [3.8, 4) is 0 Å². The minimum Gasteiger partial charge on any atom is -0.384 e. The van der Waals surface area contributed by atoms with E-state index >= 15 is 0 Å². The highest BCUT2D eigenvalue weighted by Gasteiger charge is 2.23. The van der Waals surface area contributed by atoms with Gasteiger partial charge in [-0.15, -0.1) is 0 Å². The lowest BCUT2D eigenvalue weighted by Crippen LogP contribution is -2.37. The largest absolute Gasteiger partial charge is 0.384 e. The standard InChI is InChI=1S/C18H20N2O/c1-13-6-2-3-8-15(13)11-20-18(21)16-10-14-7-4-5-9-17(14)19-12-16/h2-9,16,19H,10-12H2,1H3,(H,20,21). The van der Waals surface area contributed by atoms with Crippen LogP contribution in [0.15, 0.2) is 48.5 Å². The fourth-order valence-electron chi connectivity index (χ4n) is 2.76. The molecule has 1 unspecified atom stereocenters. The maximum Gasteiger partial charge on any atom is 0.225 e. The molecule has 0 aromatic heterocycles. The van der Waals surface area contributed by atoms with E-state index in [9.17, 15) is 4.79 Å². The van der Waals surface area contributed by atoms with Crippen molar-refractivity contribution >= 4 is 11.6 Å². The van der Waals surface area contributed by atoms with Gasteiger partial charge in [0.25, 0.3) is 0 Å². The summed E-state index contributed by atoms with van der Waals surface area (Å²) in [5.41, 5.74) is 4.76. The summed E-state index contributed by atoms with van der Waals surface area (Å²) >= 11 is 0. The minimum absolute atomic E-state index is 0.00363. The Hall–Kier alpha value is -2.29. The molecule has 1 amide bonds. The quantitative estimate of drug-likeness (QED) is 0.907. The Morgan fingerprint density at radius 3 is 2.81 bits per heavy atom. The highest BCUT2D eigenvalue weighted by atomic mass is 16.1. The van der Waals surface area contributed by atoms with Crippen LogP contribution in [0.4, 0.5) is 5.69 Å². The number of carbonyl (C=O) groups is 1. The van der Waals surface area contributed by atoms with Crippen LogP contribution in [-0.4, -0.2) is 12.5 Å². The summed E-state index contributed by atoms with van der Waals surface area (Å²) in [6.45, 7) is 3.38. The highest BCUT2D eigenvalue weighted by Crippen LogP contribution is 2.24. The average molecular weight is 280 g/mol. The van der Waals surface area contributed by atoms with Crippen LogP contribution in [0, 0.1) is 12.8 Å². The first kappa shape index (κ1) is 13.7. The number of hydrogen-bond donors (Lipinski definition) is 2. The first-order chi connectivity index (χ1) is 10.2. The van der Waals surface area contributed by atoms with Gasteiger partial charge in [0.2, 0.25) is 5.91 Å². The molecule has 2 aromatic carbocycles. The van der Waals surface area contributed by atoms with Crippen molar-refractivity contribution < 1.29 is 4.79 Å². The summed E-state index contributed by atoms with van der Waals surface area (Å²) in [5.74, 6) is 0.129. The average Bonchev–Trinajstić information content (AvgIpc) is 2.53. The number of para-hydroxylation sites is 1. The van der Waals surface area contributed by atoms with Gasteiger partial charge in [0.15, 0.2) is 0 Å². The van der Waals surface area contributed by atoms with E-state index in [2.05, 4.69) is 41.8 Å². The molecule has 3 nitrogen and oxygen atoms in total. The number of benzene rings is 2. The Labute approximate surface area is 125 Å². The molecule has 0 radical (unpaired) electrons. The molecule has 1 aliphatic rings. The van der Waals surface area contributed by atoms with E-state index in [-0.39, 0.29) is 11.8 Å². The zero-order valence-electron chi connectivity index (χ0n) is 12.2. The second-order valence-electron chi connectivity index (χ2n) is 5.58. The SMILES string of the molecule is Cc1ccccc1CNC(=O)C1CNc2ccccc2C1. The van der Waals surface area contributed by atoms with Crippen molar-refractivity contribution in [2.24, 2.45) is 5.92 Å². The van der Waals surface area contributed by atoms with Gasteiger partial charge in [0.1, 0.15) is 0 Å². The van der Waals surface area contributed by atoms with Crippen molar-refractivity contribution in [2.75, 3.05) is 11.9 Å². The first-order valence-corrected chi connectivity index (χ1v) is 7.38. The van der Waals surface area contributed by atoms with Crippen LogP contribution in [0.2, 0.25) is 0 Å². The van der Waals surface area contributed by atoms with Crippen molar-refractivity contribution in [3.63, 3.8) is 0 Å². The zero-order valence-corrected chi connectivity index (χ0v) is 12.2. The van der Waals surface area contributed by atoms with Crippen LogP contribution in [0.3, 0.4) is 0 Å². The topological polar surface area (TPSA) is 41.1 Å². The summed E-state index contributed by atoms with van der Waals surface area (Å²) in [5, 5.41) is 6.40. The van der Waals surface area contributed by atoms with Crippen molar-refractivity contribution in [3.05, 3.63) is 65.2 Å². The van der Waals surface area contributed by atoms with Crippen LogP contribution in [-0.2, 0) is 17.8 Å². The second kappa shape index (κ2) is 6.00. The number of carbonyl (C=O) groups excluding carboxylic acids is 1. The van der Waals surface area contributed by atoms with Gasteiger partial charge in [-0.25, -0.2) is 0 Å². The van der Waals surface area contributed by atoms with Crippen LogP contribution in [0.25, 0.3) is 0 Å². The number of aryl methyl sites for hydroxylation is 1. The molecule has 2 N–H and O–H groups in total. The maximum absolute atomic E-state index is 12.3. The number of hydrogen-bond acceptors (Lipinski definition) is 2. The molecule has 0 aliphatic carbocycles. The van der Waals surface area contributed by atoms with Crippen LogP contribution >= 0.6 is 0 Å². The van der Waals surface area contributed by atoms with E-state index in [0.717, 1.165) is 12.1 Å². The van der Waals surface area contributed by atoms with Gasteiger partial charge in [-0.3, -0.25) is 4.79 Å². The molecule has 1 heterocycles. The third-order valence-corrected chi connectivity index (χ3v) is 4.11.